The van der Waals surface area contributed by atoms with Gasteiger partial charge in [0, 0.05) is 44.0 Å². The summed E-state index contributed by atoms with van der Waals surface area (Å²) in [6.45, 7) is 4.81. The van der Waals surface area contributed by atoms with Crippen LogP contribution in [0.5, 0.6) is 0 Å². The predicted molar refractivity (Wildman–Crippen MR) is 81.4 cm³/mol. The molecule has 1 atom stereocenters. The van der Waals surface area contributed by atoms with Crippen LogP contribution in [0.25, 0.3) is 0 Å². The van der Waals surface area contributed by atoms with Gasteiger partial charge >= 0.3 is 0 Å². The number of ether oxygens (including phenoxy) is 1. The Morgan fingerprint density at radius 2 is 2.19 bits per heavy atom. The number of rotatable bonds is 4. The number of carbonyl (C=O) groups excluding carboxylic acids is 1. The highest BCUT2D eigenvalue weighted by Gasteiger charge is 2.28. The van der Waals surface area contributed by atoms with Crippen LogP contribution < -0.4 is 0 Å². The number of aliphatic hydroxyl groups is 1. The number of β-amino-alcohol motifs (C(OH)–C–C–N with tert-alkyl or cyclic N) is 1. The van der Waals surface area contributed by atoms with E-state index >= 15 is 0 Å². The van der Waals surface area contributed by atoms with Crippen molar-refractivity contribution in [1.82, 2.24) is 9.80 Å². The Balaban J connectivity index is 1.54. The lowest BCUT2D eigenvalue weighted by atomic mass is 10.0. The van der Waals surface area contributed by atoms with Crippen LogP contribution in [0.4, 0.5) is 0 Å². The number of fused-ring (bicyclic) bond motifs is 1. The van der Waals surface area contributed by atoms with Crippen LogP contribution in [0.1, 0.15) is 23.0 Å². The lowest BCUT2D eigenvalue weighted by Gasteiger charge is -2.35. The molecule has 2 aliphatic rings. The number of hydrogen-bond acceptors (Lipinski definition) is 5. The van der Waals surface area contributed by atoms with Crippen molar-refractivity contribution in [3.63, 3.8) is 0 Å². The van der Waals surface area contributed by atoms with Crippen molar-refractivity contribution in [1.29, 1.82) is 0 Å². The van der Waals surface area contributed by atoms with Gasteiger partial charge in [0.1, 0.15) is 0 Å². The first kappa shape index (κ1) is 15.0. The molecule has 0 spiro atoms. The van der Waals surface area contributed by atoms with E-state index in [1.54, 1.807) is 11.3 Å². The lowest BCUT2D eigenvalue weighted by molar-refractivity contribution is -0.136. The van der Waals surface area contributed by atoms with E-state index in [4.69, 9.17) is 9.84 Å². The summed E-state index contributed by atoms with van der Waals surface area (Å²) in [6, 6.07) is 2.09. The summed E-state index contributed by atoms with van der Waals surface area (Å²) in [4.78, 5) is 17.9. The topological polar surface area (TPSA) is 53.0 Å². The summed E-state index contributed by atoms with van der Waals surface area (Å²) in [5, 5.41) is 11.0. The van der Waals surface area contributed by atoms with E-state index in [1.165, 1.54) is 10.4 Å². The number of amides is 1. The van der Waals surface area contributed by atoms with Crippen molar-refractivity contribution in [2.24, 2.45) is 0 Å². The maximum Gasteiger partial charge on any atom is 0.225 e. The molecule has 2 aliphatic heterocycles. The van der Waals surface area contributed by atoms with Gasteiger partial charge in [-0.3, -0.25) is 9.69 Å². The quantitative estimate of drug-likeness (QED) is 0.897. The summed E-state index contributed by atoms with van der Waals surface area (Å²) in [7, 11) is 0. The largest absolute Gasteiger partial charge is 0.395 e. The Morgan fingerprint density at radius 1 is 1.38 bits per heavy atom. The van der Waals surface area contributed by atoms with Crippen molar-refractivity contribution in [3.8, 4) is 0 Å². The van der Waals surface area contributed by atoms with Gasteiger partial charge in [-0.15, -0.1) is 11.3 Å². The third kappa shape index (κ3) is 3.45. The molecule has 3 rings (SSSR count). The van der Waals surface area contributed by atoms with Crippen molar-refractivity contribution >= 4 is 17.2 Å². The molecular formula is C15H22N2O3S. The van der Waals surface area contributed by atoms with Gasteiger partial charge in [-0.05, 0) is 17.0 Å². The zero-order chi connectivity index (χ0) is 14.7. The molecule has 1 unspecified atom stereocenters. The molecule has 3 heterocycles. The molecule has 0 saturated carbocycles. The molecule has 1 saturated heterocycles. The normalized spacial score (nSPS) is 23.1. The third-order valence-electron chi connectivity index (χ3n) is 4.28. The van der Waals surface area contributed by atoms with E-state index in [1.807, 2.05) is 4.90 Å². The van der Waals surface area contributed by atoms with Crippen LogP contribution in [0.3, 0.4) is 0 Å². The molecule has 1 N–H and O–H groups in total. The zero-order valence-electron chi connectivity index (χ0n) is 12.2. The molecule has 21 heavy (non-hydrogen) atoms. The molecule has 1 aromatic heterocycles. The van der Waals surface area contributed by atoms with Crippen LogP contribution >= 0.6 is 11.3 Å². The Labute approximate surface area is 129 Å². The Bertz CT molecular complexity index is 483. The maximum absolute atomic E-state index is 12.4. The minimum atomic E-state index is -0.0667. The average molecular weight is 310 g/mol. The molecule has 116 valence electrons. The fraction of sp³-hybridized carbons (Fsp3) is 0.667. The van der Waals surface area contributed by atoms with Crippen molar-refractivity contribution in [3.05, 3.63) is 21.9 Å². The lowest BCUT2D eigenvalue weighted by Crippen LogP contribution is -2.49. The monoisotopic (exact) mass is 310 g/mol. The molecule has 1 fully saturated rings. The van der Waals surface area contributed by atoms with Gasteiger partial charge in [0.05, 0.1) is 25.7 Å². The summed E-state index contributed by atoms with van der Waals surface area (Å²) in [5.74, 6) is 0.183. The fourth-order valence-electron chi connectivity index (χ4n) is 3.04. The molecule has 0 aromatic carbocycles. The van der Waals surface area contributed by atoms with Gasteiger partial charge in [-0.2, -0.15) is 0 Å². The van der Waals surface area contributed by atoms with Crippen LogP contribution in [-0.4, -0.2) is 66.8 Å². The van der Waals surface area contributed by atoms with Crippen LogP contribution in [0.15, 0.2) is 11.4 Å². The Kier molecular flexibility index (Phi) is 4.90. The number of aliphatic hydroxyl groups excluding tert-OH is 1. The minimum Gasteiger partial charge on any atom is -0.395 e. The second-order valence-electron chi connectivity index (χ2n) is 5.56. The van der Waals surface area contributed by atoms with Gasteiger partial charge in [-0.1, -0.05) is 0 Å². The first-order chi connectivity index (χ1) is 10.3. The second-order valence-corrected chi connectivity index (χ2v) is 6.56. The highest BCUT2D eigenvalue weighted by molar-refractivity contribution is 7.10. The number of piperazine rings is 1. The summed E-state index contributed by atoms with van der Waals surface area (Å²) >= 11 is 1.76. The first-order valence-corrected chi connectivity index (χ1v) is 8.44. The van der Waals surface area contributed by atoms with Gasteiger partial charge in [-0.25, -0.2) is 0 Å². The summed E-state index contributed by atoms with van der Waals surface area (Å²) < 4.78 is 5.80. The number of nitrogens with zero attached hydrogens (tertiary/aromatic N) is 2. The van der Waals surface area contributed by atoms with Crippen molar-refractivity contribution in [2.45, 2.75) is 18.9 Å². The molecule has 6 heteroatoms. The van der Waals surface area contributed by atoms with E-state index in [-0.39, 0.29) is 18.6 Å². The Hall–Kier alpha value is -0.950. The van der Waals surface area contributed by atoms with Crippen LogP contribution in [0.2, 0.25) is 0 Å². The van der Waals surface area contributed by atoms with Crippen LogP contribution in [-0.2, 0) is 16.0 Å². The summed E-state index contributed by atoms with van der Waals surface area (Å²) in [6.07, 6.45) is 1.35. The second kappa shape index (κ2) is 6.87. The molecule has 5 nitrogen and oxygen atoms in total. The molecule has 0 aliphatic carbocycles. The number of carbonyl (C=O) groups is 1. The highest BCUT2D eigenvalue weighted by Crippen LogP contribution is 2.33. The zero-order valence-corrected chi connectivity index (χ0v) is 13.0. The predicted octanol–water partition coefficient (Wildman–Crippen LogP) is 0.889. The average Bonchev–Trinajstić information content (AvgIpc) is 2.98. The molecule has 0 radical (unpaired) electrons. The molecule has 1 amide bonds. The van der Waals surface area contributed by atoms with Gasteiger partial charge in [0.2, 0.25) is 5.91 Å². The first-order valence-electron chi connectivity index (χ1n) is 7.57. The van der Waals surface area contributed by atoms with E-state index in [9.17, 15) is 4.79 Å². The van der Waals surface area contributed by atoms with Crippen LogP contribution in [0, 0.1) is 0 Å². The molecule has 0 bridgehead atoms. The molecular weight excluding hydrogens is 288 g/mol. The van der Waals surface area contributed by atoms with E-state index < -0.39 is 0 Å². The Morgan fingerprint density at radius 3 is 2.95 bits per heavy atom. The van der Waals surface area contributed by atoms with Crippen molar-refractivity contribution in [2.75, 3.05) is 45.9 Å². The molecule has 1 aromatic rings. The van der Waals surface area contributed by atoms with Gasteiger partial charge in [0.15, 0.2) is 0 Å². The third-order valence-corrected chi connectivity index (χ3v) is 5.27. The number of thiophene rings is 1. The number of hydrogen-bond donors (Lipinski definition) is 1. The van der Waals surface area contributed by atoms with E-state index in [0.717, 1.165) is 39.2 Å². The van der Waals surface area contributed by atoms with Gasteiger partial charge in [0.25, 0.3) is 0 Å². The smallest absolute Gasteiger partial charge is 0.225 e. The van der Waals surface area contributed by atoms with E-state index in [0.29, 0.717) is 13.0 Å². The summed E-state index contributed by atoms with van der Waals surface area (Å²) in [5.41, 5.74) is 1.21. The maximum atomic E-state index is 12.4. The highest BCUT2D eigenvalue weighted by atomic mass is 32.1. The van der Waals surface area contributed by atoms with Gasteiger partial charge < -0.3 is 14.7 Å². The standard InChI is InChI=1S/C15H22N2O3S/c18-8-7-16-3-5-17(6-4-16)15(19)11-13-12-2-10-21-14(12)1-9-20-13/h2,10,13,18H,1,3-9,11H2. The minimum absolute atomic E-state index is 0.0667. The van der Waals surface area contributed by atoms with Crippen molar-refractivity contribution < 1.29 is 14.6 Å². The fourth-order valence-corrected chi connectivity index (χ4v) is 3.96. The van der Waals surface area contributed by atoms with E-state index in [2.05, 4.69) is 16.3 Å². The SMILES string of the molecule is O=C(CC1OCCc2sccc21)N1CCN(CCO)CC1.